The Hall–Kier alpha value is -3.75. The van der Waals surface area contributed by atoms with Gasteiger partial charge in [0, 0.05) is 47.7 Å². The maximum atomic E-state index is 12.3. The standard InChI is InChI=1S/C21H23N3O6/c1-4-11-23-14(2)12-18(15(23)3)19(25)13-30-20(26)9-10-22-21(27)16-5-7-17(8-6-16)24(28)29/h4-8,12H,1,9-11,13H2,2-3H3,(H,22,27). The lowest BCUT2D eigenvalue weighted by Crippen LogP contribution is -2.27. The first-order valence-electron chi connectivity index (χ1n) is 9.23. The van der Waals surface area contributed by atoms with Crippen molar-refractivity contribution in [2.45, 2.75) is 26.8 Å². The number of nitrogens with one attached hydrogen (secondary N) is 1. The van der Waals surface area contributed by atoms with Crippen LogP contribution in [0.25, 0.3) is 0 Å². The molecule has 1 heterocycles. The lowest BCUT2D eigenvalue weighted by Gasteiger charge is -2.07. The van der Waals surface area contributed by atoms with Crippen molar-refractivity contribution in [1.29, 1.82) is 0 Å². The third-order valence-electron chi connectivity index (χ3n) is 4.50. The van der Waals surface area contributed by atoms with Crippen molar-refractivity contribution in [2.75, 3.05) is 13.2 Å². The minimum absolute atomic E-state index is 0.0106. The van der Waals surface area contributed by atoms with E-state index in [0.717, 1.165) is 11.4 Å². The van der Waals surface area contributed by atoms with Crippen LogP contribution in [0.2, 0.25) is 0 Å². The third-order valence-corrected chi connectivity index (χ3v) is 4.50. The molecule has 2 rings (SSSR count). The molecule has 0 unspecified atom stereocenters. The number of nitro benzene ring substituents is 1. The molecule has 1 aromatic heterocycles. The van der Waals surface area contributed by atoms with E-state index in [-0.39, 0.29) is 36.6 Å². The summed E-state index contributed by atoms with van der Waals surface area (Å²) in [6.45, 7) is 7.60. The molecule has 9 nitrogen and oxygen atoms in total. The van der Waals surface area contributed by atoms with Gasteiger partial charge in [0.05, 0.1) is 11.3 Å². The Morgan fingerprint density at radius 3 is 2.50 bits per heavy atom. The molecule has 0 atom stereocenters. The van der Waals surface area contributed by atoms with Crippen LogP contribution in [0.4, 0.5) is 5.69 Å². The predicted molar refractivity (Wildman–Crippen MR) is 109 cm³/mol. The van der Waals surface area contributed by atoms with E-state index in [4.69, 9.17) is 4.74 Å². The van der Waals surface area contributed by atoms with Crippen molar-refractivity contribution in [3.8, 4) is 0 Å². The van der Waals surface area contributed by atoms with Crippen molar-refractivity contribution >= 4 is 23.3 Å². The number of ether oxygens (including phenoxy) is 1. The number of nitrogens with zero attached hydrogens (tertiary/aromatic N) is 2. The maximum Gasteiger partial charge on any atom is 0.308 e. The average molecular weight is 413 g/mol. The van der Waals surface area contributed by atoms with Crippen LogP contribution in [0.3, 0.4) is 0 Å². The van der Waals surface area contributed by atoms with Crippen LogP contribution in [0.15, 0.2) is 43.0 Å². The number of non-ortho nitro benzene ring substituents is 1. The van der Waals surface area contributed by atoms with Gasteiger partial charge >= 0.3 is 5.97 Å². The monoisotopic (exact) mass is 413 g/mol. The molecule has 158 valence electrons. The summed E-state index contributed by atoms with van der Waals surface area (Å²) in [5, 5.41) is 13.1. The summed E-state index contributed by atoms with van der Waals surface area (Å²) in [6.07, 6.45) is 1.63. The number of Topliss-reactive ketones (excluding diaryl/α,β-unsaturated/α-hetero) is 1. The minimum Gasteiger partial charge on any atom is -0.457 e. The number of esters is 1. The van der Waals surface area contributed by atoms with Gasteiger partial charge in [-0.2, -0.15) is 0 Å². The highest BCUT2D eigenvalue weighted by Crippen LogP contribution is 2.16. The Kier molecular flexibility index (Phi) is 7.62. The fourth-order valence-electron chi connectivity index (χ4n) is 2.90. The number of rotatable bonds is 10. The summed E-state index contributed by atoms with van der Waals surface area (Å²) >= 11 is 0. The zero-order valence-electron chi connectivity index (χ0n) is 16.8. The molecule has 30 heavy (non-hydrogen) atoms. The molecule has 0 aliphatic heterocycles. The number of ketones is 1. The first-order chi connectivity index (χ1) is 14.2. The minimum atomic E-state index is -0.618. The van der Waals surface area contributed by atoms with Crippen LogP contribution < -0.4 is 5.32 Å². The third kappa shape index (κ3) is 5.63. The van der Waals surface area contributed by atoms with Gasteiger partial charge in [-0.05, 0) is 32.0 Å². The lowest BCUT2D eigenvalue weighted by molar-refractivity contribution is -0.384. The number of carbonyl (C=O) groups is 3. The van der Waals surface area contributed by atoms with Gasteiger partial charge in [-0.1, -0.05) is 6.08 Å². The zero-order chi connectivity index (χ0) is 22.3. The van der Waals surface area contributed by atoms with E-state index in [9.17, 15) is 24.5 Å². The number of allylic oxidation sites excluding steroid dienone is 1. The molecule has 0 radical (unpaired) electrons. The highest BCUT2D eigenvalue weighted by atomic mass is 16.6. The molecular weight excluding hydrogens is 390 g/mol. The van der Waals surface area contributed by atoms with Crippen LogP contribution in [0, 0.1) is 24.0 Å². The zero-order valence-corrected chi connectivity index (χ0v) is 16.8. The molecule has 0 spiro atoms. The SMILES string of the molecule is C=CCn1c(C)cc(C(=O)COC(=O)CCNC(=O)c2ccc([N+](=O)[O-])cc2)c1C. The lowest BCUT2D eigenvalue weighted by atomic mass is 10.1. The summed E-state index contributed by atoms with van der Waals surface area (Å²) < 4.78 is 6.95. The maximum absolute atomic E-state index is 12.3. The van der Waals surface area contributed by atoms with Crippen molar-refractivity contribution < 1.29 is 24.0 Å². The predicted octanol–water partition coefficient (Wildman–Crippen LogP) is 2.75. The summed E-state index contributed by atoms with van der Waals surface area (Å²) in [6, 6.07) is 6.85. The van der Waals surface area contributed by atoms with Gasteiger partial charge < -0.3 is 14.6 Å². The molecule has 1 amide bonds. The molecule has 0 aliphatic rings. The Balaban J connectivity index is 1.79. The first kappa shape index (κ1) is 22.5. The molecule has 0 fully saturated rings. The van der Waals surface area contributed by atoms with Crippen LogP contribution in [0.1, 0.15) is 38.5 Å². The number of amides is 1. The molecular formula is C21H23N3O6. The van der Waals surface area contributed by atoms with Gasteiger partial charge in [0.15, 0.2) is 6.61 Å². The van der Waals surface area contributed by atoms with Gasteiger partial charge in [-0.15, -0.1) is 6.58 Å². The number of hydrogen-bond donors (Lipinski definition) is 1. The van der Waals surface area contributed by atoms with Crippen LogP contribution in [-0.4, -0.2) is 40.3 Å². The highest BCUT2D eigenvalue weighted by Gasteiger charge is 2.17. The number of benzene rings is 1. The molecule has 0 aliphatic carbocycles. The van der Waals surface area contributed by atoms with E-state index in [1.807, 2.05) is 18.4 Å². The topological polar surface area (TPSA) is 121 Å². The Bertz CT molecular complexity index is 975. The quantitative estimate of drug-likeness (QED) is 0.210. The van der Waals surface area contributed by atoms with Crippen molar-refractivity contribution in [1.82, 2.24) is 9.88 Å². The molecule has 0 saturated carbocycles. The Labute approximate surface area is 173 Å². The summed E-state index contributed by atoms with van der Waals surface area (Å²) in [7, 11) is 0. The smallest absolute Gasteiger partial charge is 0.308 e. The van der Waals surface area contributed by atoms with E-state index in [1.54, 1.807) is 12.1 Å². The molecule has 0 saturated heterocycles. The van der Waals surface area contributed by atoms with Crippen LogP contribution in [0.5, 0.6) is 0 Å². The van der Waals surface area contributed by atoms with Gasteiger partial charge in [-0.3, -0.25) is 24.5 Å². The Morgan fingerprint density at radius 1 is 1.23 bits per heavy atom. The molecule has 9 heteroatoms. The number of carbonyl (C=O) groups excluding carboxylic acids is 3. The molecule has 0 bridgehead atoms. The molecule has 2 aromatic rings. The number of nitro groups is 1. The van der Waals surface area contributed by atoms with Gasteiger partial charge in [0.25, 0.3) is 11.6 Å². The van der Waals surface area contributed by atoms with Crippen molar-refractivity contribution in [3.05, 3.63) is 75.6 Å². The second-order valence-corrected chi connectivity index (χ2v) is 6.58. The fourth-order valence-corrected chi connectivity index (χ4v) is 2.90. The average Bonchev–Trinajstić information content (AvgIpc) is 3.00. The summed E-state index contributed by atoms with van der Waals surface area (Å²) in [5.41, 5.74) is 2.30. The fraction of sp³-hybridized carbons (Fsp3) is 0.286. The van der Waals surface area contributed by atoms with Crippen molar-refractivity contribution in [2.24, 2.45) is 0 Å². The van der Waals surface area contributed by atoms with Crippen LogP contribution >= 0.6 is 0 Å². The first-order valence-corrected chi connectivity index (χ1v) is 9.23. The largest absolute Gasteiger partial charge is 0.457 e. The second kappa shape index (κ2) is 10.1. The van der Waals surface area contributed by atoms with E-state index in [0.29, 0.717) is 12.1 Å². The number of hydrogen-bond acceptors (Lipinski definition) is 6. The normalized spacial score (nSPS) is 10.3. The summed E-state index contributed by atoms with van der Waals surface area (Å²) in [4.78, 5) is 46.3. The highest BCUT2D eigenvalue weighted by molar-refractivity contribution is 5.99. The van der Waals surface area contributed by atoms with Crippen molar-refractivity contribution in [3.63, 3.8) is 0 Å². The van der Waals surface area contributed by atoms with E-state index < -0.39 is 16.8 Å². The number of aryl methyl sites for hydroxylation is 1. The van der Waals surface area contributed by atoms with E-state index in [1.165, 1.54) is 24.3 Å². The van der Waals surface area contributed by atoms with Gasteiger partial charge in [-0.25, -0.2) is 0 Å². The summed E-state index contributed by atoms with van der Waals surface area (Å²) in [5.74, 6) is -1.39. The van der Waals surface area contributed by atoms with Gasteiger partial charge in [0.1, 0.15) is 0 Å². The molecule has 1 aromatic carbocycles. The molecule has 1 N–H and O–H groups in total. The van der Waals surface area contributed by atoms with E-state index in [2.05, 4.69) is 11.9 Å². The van der Waals surface area contributed by atoms with Gasteiger partial charge in [0.2, 0.25) is 5.78 Å². The number of aromatic nitrogens is 1. The van der Waals surface area contributed by atoms with Crippen LogP contribution in [-0.2, 0) is 16.1 Å². The van der Waals surface area contributed by atoms with E-state index >= 15 is 0 Å². The second-order valence-electron chi connectivity index (χ2n) is 6.58. The Morgan fingerprint density at radius 2 is 1.90 bits per heavy atom.